The number of hydrogen-bond acceptors (Lipinski definition) is 3. The summed E-state index contributed by atoms with van der Waals surface area (Å²) in [7, 11) is 3.64. The number of para-hydroxylation sites is 1. The molecule has 2 aromatic rings. The van der Waals surface area contributed by atoms with E-state index >= 15 is 0 Å². The number of nitrogens with zero attached hydrogens (tertiary/aromatic N) is 3. The summed E-state index contributed by atoms with van der Waals surface area (Å²) >= 11 is 0. The van der Waals surface area contributed by atoms with Gasteiger partial charge in [0, 0.05) is 32.2 Å². The lowest BCUT2D eigenvalue weighted by molar-refractivity contribution is -0.129. The molecule has 0 aliphatic carbocycles. The van der Waals surface area contributed by atoms with Crippen LogP contribution in [0.25, 0.3) is 10.9 Å². The van der Waals surface area contributed by atoms with Crippen molar-refractivity contribution >= 4 is 16.8 Å². The summed E-state index contributed by atoms with van der Waals surface area (Å²) in [4.78, 5) is 20.2. The van der Waals surface area contributed by atoms with E-state index in [1.54, 1.807) is 4.90 Å². The van der Waals surface area contributed by atoms with Crippen molar-refractivity contribution in [1.29, 1.82) is 0 Å². The van der Waals surface area contributed by atoms with E-state index in [-0.39, 0.29) is 5.91 Å². The number of likely N-dealkylation sites (N-methyl/N-ethyl adjacent to an activating group) is 1. The third-order valence-corrected chi connectivity index (χ3v) is 4.48. The molecule has 1 aliphatic rings. The van der Waals surface area contributed by atoms with Crippen molar-refractivity contribution in [2.45, 2.75) is 12.8 Å². The number of carbonyl (C=O) groups excluding carboxylic acids is 1. The van der Waals surface area contributed by atoms with Crippen LogP contribution >= 0.6 is 0 Å². The number of likely N-dealkylation sites (tertiary alicyclic amines) is 1. The zero-order chi connectivity index (χ0) is 15.5. The van der Waals surface area contributed by atoms with Crippen LogP contribution in [0.3, 0.4) is 0 Å². The molecule has 4 nitrogen and oxygen atoms in total. The van der Waals surface area contributed by atoms with E-state index in [0.29, 0.717) is 12.5 Å². The minimum atomic E-state index is 0.190. The van der Waals surface area contributed by atoms with Crippen LogP contribution in [-0.2, 0) is 11.2 Å². The maximum Gasteiger partial charge on any atom is 0.236 e. The quantitative estimate of drug-likeness (QED) is 0.868. The largest absolute Gasteiger partial charge is 0.348 e. The second-order valence-corrected chi connectivity index (χ2v) is 6.37. The van der Waals surface area contributed by atoms with Gasteiger partial charge in [-0.1, -0.05) is 18.2 Å². The van der Waals surface area contributed by atoms with Gasteiger partial charge in [-0.15, -0.1) is 0 Å². The van der Waals surface area contributed by atoms with Gasteiger partial charge in [-0.3, -0.25) is 14.7 Å². The molecule has 3 rings (SSSR count). The highest BCUT2D eigenvalue weighted by atomic mass is 16.2. The van der Waals surface area contributed by atoms with Gasteiger partial charge >= 0.3 is 0 Å². The smallest absolute Gasteiger partial charge is 0.236 e. The first-order valence-corrected chi connectivity index (χ1v) is 7.88. The molecule has 0 radical (unpaired) electrons. The summed E-state index contributed by atoms with van der Waals surface area (Å²) in [6.45, 7) is 2.57. The summed E-state index contributed by atoms with van der Waals surface area (Å²) in [5.74, 6) is 0.816. The first kappa shape index (κ1) is 15.0. The topological polar surface area (TPSA) is 36.4 Å². The molecule has 1 fully saturated rings. The van der Waals surface area contributed by atoms with Gasteiger partial charge in [0.1, 0.15) is 0 Å². The van der Waals surface area contributed by atoms with E-state index in [1.807, 2.05) is 26.4 Å². The van der Waals surface area contributed by atoms with Gasteiger partial charge in [-0.2, -0.15) is 0 Å². The van der Waals surface area contributed by atoms with E-state index in [0.717, 1.165) is 31.4 Å². The van der Waals surface area contributed by atoms with Crippen LogP contribution in [0.15, 0.2) is 36.5 Å². The molecule has 0 spiro atoms. The molecule has 4 heteroatoms. The van der Waals surface area contributed by atoms with Crippen LogP contribution in [0.4, 0.5) is 0 Å². The molecule has 22 heavy (non-hydrogen) atoms. The Balaban J connectivity index is 1.66. The Morgan fingerprint density at radius 1 is 1.32 bits per heavy atom. The Morgan fingerprint density at radius 2 is 2.14 bits per heavy atom. The molecule has 0 bridgehead atoms. The molecule has 1 amide bonds. The van der Waals surface area contributed by atoms with E-state index < -0.39 is 0 Å². The molecular formula is C18H23N3O. The van der Waals surface area contributed by atoms with Crippen molar-refractivity contribution < 1.29 is 4.79 Å². The molecule has 1 aromatic carbocycles. The van der Waals surface area contributed by atoms with E-state index in [4.69, 9.17) is 0 Å². The molecule has 1 atom stereocenters. The normalized spacial score (nSPS) is 18.7. The second-order valence-electron chi connectivity index (χ2n) is 6.37. The van der Waals surface area contributed by atoms with Crippen LogP contribution in [0.1, 0.15) is 12.0 Å². The highest BCUT2D eigenvalue weighted by molar-refractivity contribution is 5.81. The van der Waals surface area contributed by atoms with Gasteiger partial charge in [-0.05, 0) is 43.0 Å². The lowest BCUT2D eigenvalue weighted by atomic mass is 9.96. The first-order valence-electron chi connectivity index (χ1n) is 7.88. The van der Waals surface area contributed by atoms with Crippen molar-refractivity contribution in [3.63, 3.8) is 0 Å². The number of amides is 1. The van der Waals surface area contributed by atoms with Gasteiger partial charge in [0.2, 0.25) is 5.91 Å². The number of aromatic nitrogens is 1. The summed E-state index contributed by atoms with van der Waals surface area (Å²) in [6, 6.07) is 10.5. The van der Waals surface area contributed by atoms with Crippen LogP contribution in [0, 0.1) is 5.92 Å². The molecule has 1 aromatic heterocycles. The van der Waals surface area contributed by atoms with Crippen molar-refractivity contribution in [1.82, 2.24) is 14.8 Å². The fraction of sp³-hybridized carbons (Fsp3) is 0.444. The fourth-order valence-electron chi connectivity index (χ4n) is 3.20. The number of carbonyl (C=O) groups is 1. The Labute approximate surface area is 131 Å². The molecule has 2 heterocycles. The molecule has 1 saturated heterocycles. The standard InChI is InChI=1S/C18H23N3O/c1-20(2)18(22)13-21-10-8-14(12-21)11-15-7-9-19-17-6-4-3-5-16(15)17/h3-7,9,14H,8,10-13H2,1-2H3/t14-/m1/s1. The number of benzene rings is 1. The number of rotatable bonds is 4. The van der Waals surface area contributed by atoms with Crippen molar-refractivity contribution in [3.8, 4) is 0 Å². The lowest BCUT2D eigenvalue weighted by Gasteiger charge is -2.18. The van der Waals surface area contributed by atoms with E-state index in [9.17, 15) is 4.79 Å². The average Bonchev–Trinajstić information content (AvgIpc) is 2.94. The number of fused-ring (bicyclic) bond motifs is 1. The SMILES string of the molecule is CN(C)C(=O)CN1CC[C@H](Cc2ccnc3ccccc23)C1. The van der Waals surface area contributed by atoms with Gasteiger partial charge in [0.15, 0.2) is 0 Å². The molecule has 0 N–H and O–H groups in total. The fourth-order valence-corrected chi connectivity index (χ4v) is 3.20. The maximum atomic E-state index is 11.8. The molecule has 1 aliphatic heterocycles. The maximum absolute atomic E-state index is 11.8. The second kappa shape index (κ2) is 6.44. The highest BCUT2D eigenvalue weighted by Crippen LogP contribution is 2.24. The summed E-state index contributed by atoms with van der Waals surface area (Å²) in [5.41, 5.74) is 2.44. The monoisotopic (exact) mass is 297 g/mol. The number of hydrogen-bond donors (Lipinski definition) is 0. The Hall–Kier alpha value is -1.94. The highest BCUT2D eigenvalue weighted by Gasteiger charge is 2.25. The van der Waals surface area contributed by atoms with Crippen molar-refractivity contribution in [2.75, 3.05) is 33.7 Å². The Kier molecular flexibility index (Phi) is 4.39. The van der Waals surface area contributed by atoms with Crippen molar-refractivity contribution in [3.05, 3.63) is 42.1 Å². The van der Waals surface area contributed by atoms with Crippen LogP contribution < -0.4 is 0 Å². The van der Waals surface area contributed by atoms with E-state index in [1.165, 1.54) is 10.9 Å². The van der Waals surface area contributed by atoms with Gasteiger partial charge in [0.05, 0.1) is 12.1 Å². The van der Waals surface area contributed by atoms with Crippen LogP contribution in [0.5, 0.6) is 0 Å². The Bertz CT molecular complexity index is 663. The van der Waals surface area contributed by atoms with Crippen molar-refractivity contribution in [2.24, 2.45) is 5.92 Å². The minimum absolute atomic E-state index is 0.190. The zero-order valence-electron chi connectivity index (χ0n) is 13.3. The summed E-state index contributed by atoms with van der Waals surface area (Å²) in [6.07, 6.45) is 4.13. The van der Waals surface area contributed by atoms with Gasteiger partial charge in [0.25, 0.3) is 0 Å². The van der Waals surface area contributed by atoms with Crippen LogP contribution in [0.2, 0.25) is 0 Å². The molecule has 0 unspecified atom stereocenters. The van der Waals surface area contributed by atoms with Gasteiger partial charge < -0.3 is 4.90 Å². The van der Waals surface area contributed by atoms with Gasteiger partial charge in [-0.25, -0.2) is 0 Å². The summed E-state index contributed by atoms with van der Waals surface area (Å²) < 4.78 is 0. The summed E-state index contributed by atoms with van der Waals surface area (Å²) in [5, 5.41) is 1.26. The third kappa shape index (κ3) is 3.28. The molecule has 116 valence electrons. The van der Waals surface area contributed by atoms with Crippen LogP contribution in [-0.4, -0.2) is 54.4 Å². The predicted molar refractivity (Wildman–Crippen MR) is 88.7 cm³/mol. The third-order valence-electron chi connectivity index (χ3n) is 4.48. The Morgan fingerprint density at radius 3 is 2.95 bits per heavy atom. The number of pyridine rings is 1. The average molecular weight is 297 g/mol. The van der Waals surface area contributed by atoms with E-state index in [2.05, 4.69) is 34.1 Å². The molecular weight excluding hydrogens is 274 g/mol. The minimum Gasteiger partial charge on any atom is -0.348 e. The zero-order valence-corrected chi connectivity index (χ0v) is 13.3. The first-order chi connectivity index (χ1) is 10.6. The lowest BCUT2D eigenvalue weighted by Crippen LogP contribution is -2.35. The predicted octanol–water partition coefficient (Wildman–Crippen LogP) is 2.19. The molecule has 0 saturated carbocycles.